The number of benzene rings is 2. The first-order chi connectivity index (χ1) is 10.7. The lowest BCUT2D eigenvalue weighted by atomic mass is 9.92. The second-order valence-electron chi connectivity index (χ2n) is 5.35. The van der Waals surface area contributed by atoms with E-state index in [9.17, 15) is 0 Å². The Labute approximate surface area is 130 Å². The Kier molecular flexibility index (Phi) is 3.84. The Morgan fingerprint density at radius 1 is 0.864 bits per heavy atom. The molecule has 0 saturated heterocycles. The van der Waals surface area contributed by atoms with Crippen LogP contribution in [0.3, 0.4) is 0 Å². The smallest absolute Gasteiger partial charge is 0.161 e. The van der Waals surface area contributed by atoms with E-state index in [0.29, 0.717) is 5.75 Å². The van der Waals surface area contributed by atoms with Gasteiger partial charge in [0.1, 0.15) is 17.6 Å². The standard InChI is InChI=1S/C18H20O4/c1-11-14-10-13(19-2)6-8-15(14)22-18(11)12-5-7-16(20-3)17(9-12)21-4/h5-11,18H,1-4H3/t11-,18-/m1/s1. The first-order valence-corrected chi connectivity index (χ1v) is 7.24. The van der Waals surface area contributed by atoms with Gasteiger partial charge in [-0.1, -0.05) is 13.0 Å². The summed E-state index contributed by atoms with van der Waals surface area (Å²) in [5, 5.41) is 0. The van der Waals surface area contributed by atoms with E-state index in [0.717, 1.165) is 22.8 Å². The van der Waals surface area contributed by atoms with Gasteiger partial charge < -0.3 is 18.9 Å². The summed E-state index contributed by atoms with van der Waals surface area (Å²) in [6, 6.07) is 11.8. The average molecular weight is 300 g/mol. The molecular weight excluding hydrogens is 280 g/mol. The van der Waals surface area contributed by atoms with E-state index in [1.807, 2.05) is 36.4 Å². The molecule has 2 atom stereocenters. The summed E-state index contributed by atoms with van der Waals surface area (Å²) in [5.74, 6) is 3.43. The number of hydrogen-bond donors (Lipinski definition) is 0. The number of rotatable bonds is 4. The van der Waals surface area contributed by atoms with Gasteiger partial charge >= 0.3 is 0 Å². The third-order valence-electron chi connectivity index (χ3n) is 4.15. The zero-order chi connectivity index (χ0) is 15.7. The first kappa shape index (κ1) is 14.6. The van der Waals surface area contributed by atoms with Crippen molar-refractivity contribution in [2.75, 3.05) is 21.3 Å². The topological polar surface area (TPSA) is 36.9 Å². The van der Waals surface area contributed by atoms with Crippen LogP contribution < -0.4 is 18.9 Å². The minimum Gasteiger partial charge on any atom is -0.497 e. The van der Waals surface area contributed by atoms with Gasteiger partial charge in [0.15, 0.2) is 11.5 Å². The van der Waals surface area contributed by atoms with Gasteiger partial charge in [-0.25, -0.2) is 0 Å². The number of fused-ring (bicyclic) bond motifs is 1. The molecular formula is C18H20O4. The van der Waals surface area contributed by atoms with Gasteiger partial charge in [0.25, 0.3) is 0 Å². The quantitative estimate of drug-likeness (QED) is 0.856. The van der Waals surface area contributed by atoms with Gasteiger partial charge in [0, 0.05) is 11.5 Å². The number of ether oxygens (including phenoxy) is 4. The Balaban J connectivity index is 1.94. The second kappa shape index (κ2) is 5.79. The summed E-state index contributed by atoms with van der Waals surface area (Å²) in [6.45, 7) is 2.16. The minimum absolute atomic E-state index is 0.0399. The lowest BCUT2D eigenvalue weighted by Gasteiger charge is -2.17. The first-order valence-electron chi connectivity index (χ1n) is 7.24. The molecule has 0 saturated carbocycles. The van der Waals surface area contributed by atoms with Crippen LogP contribution in [-0.2, 0) is 0 Å². The van der Waals surface area contributed by atoms with Crippen molar-refractivity contribution < 1.29 is 18.9 Å². The zero-order valence-electron chi connectivity index (χ0n) is 13.3. The van der Waals surface area contributed by atoms with Gasteiger partial charge in [0.05, 0.1) is 21.3 Å². The number of hydrogen-bond acceptors (Lipinski definition) is 4. The van der Waals surface area contributed by atoms with Crippen LogP contribution in [0.1, 0.15) is 30.1 Å². The normalized spacial score (nSPS) is 19.3. The highest BCUT2D eigenvalue weighted by atomic mass is 16.5. The van der Waals surface area contributed by atoms with Crippen LogP contribution in [0.25, 0.3) is 0 Å². The van der Waals surface area contributed by atoms with Crippen LogP contribution in [0.15, 0.2) is 36.4 Å². The summed E-state index contributed by atoms with van der Waals surface area (Å²) in [5.41, 5.74) is 2.24. The van der Waals surface area contributed by atoms with Crippen molar-refractivity contribution in [3.05, 3.63) is 47.5 Å². The molecule has 0 aromatic heterocycles. The molecule has 3 rings (SSSR count). The van der Waals surface area contributed by atoms with E-state index >= 15 is 0 Å². The summed E-state index contributed by atoms with van der Waals surface area (Å²) in [4.78, 5) is 0. The largest absolute Gasteiger partial charge is 0.497 e. The molecule has 0 N–H and O–H groups in total. The molecule has 1 aliphatic rings. The maximum absolute atomic E-state index is 6.13. The highest BCUT2D eigenvalue weighted by Crippen LogP contribution is 2.47. The molecule has 4 nitrogen and oxygen atoms in total. The van der Waals surface area contributed by atoms with Crippen LogP contribution >= 0.6 is 0 Å². The predicted octanol–water partition coefficient (Wildman–Crippen LogP) is 3.95. The third-order valence-corrected chi connectivity index (χ3v) is 4.15. The molecule has 2 aromatic carbocycles. The fraction of sp³-hybridized carbons (Fsp3) is 0.333. The van der Waals surface area contributed by atoms with Crippen molar-refractivity contribution in [3.63, 3.8) is 0 Å². The average Bonchev–Trinajstić information content (AvgIpc) is 2.90. The predicted molar refractivity (Wildman–Crippen MR) is 84.3 cm³/mol. The highest BCUT2D eigenvalue weighted by molar-refractivity contribution is 5.49. The molecule has 0 amide bonds. The van der Waals surface area contributed by atoms with Gasteiger partial charge in [-0.15, -0.1) is 0 Å². The van der Waals surface area contributed by atoms with E-state index < -0.39 is 0 Å². The lowest BCUT2D eigenvalue weighted by molar-refractivity contribution is 0.215. The molecule has 22 heavy (non-hydrogen) atoms. The van der Waals surface area contributed by atoms with Gasteiger partial charge in [-0.05, 0) is 35.9 Å². The Hall–Kier alpha value is -2.36. The van der Waals surface area contributed by atoms with Crippen molar-refractivity contribution in [1.29, 1.82) is 0 Å². The molecule has 0 spiro atoms. The molecule has 1 heterocycles. The molecule has 1 aliphatic heterocycles. The lowest BCUT2D eigenvalue weighted by Crippen LogP contribution is -2.07. The molecule has 0 unspecified atom stereocenters. The van der Waals surface area contributed by atoms with Crippen LogP contribution in [0.4, 0.5) is 0 Å². The van der Waals surface area contributed by atoms with Crippen molar-refractivity contribution >= 4 is 0 Å². The van der Waals surface area contributed by atoms with Crippen LogP contribution in [-0.4, -0.2) is 21.3 Å². The molecule has 116 valence electrons. The third kappa shape index (κ3) is 2.34. The SMILES string of the molecule is COc1ccc2c(c1)[C@@H](C)[C@H](c1ccc(OC)c(OC)c1)O2. The minimum atomic E-state index is -0.0399. The fourth-order valence-electron chi connectivity index (χ4n) is 2.91. The molecule has 0 bridgehead atoms. The maximum atomic E-state index is 6.13. The molecule has 0 radical (unpaired) electrons. The highest BCUT2D eigenvalue weighted by Gasteiger charge is 2.33. The van der Waals surface area contributed by atoms with Crippen molar-refractivity contribution in [2.24, 2.45) is 0 Å². The van der Waals surface area contributed by atoms with Crippen molar-refractivity contribution in [2.45, 2.75) is 18.9 Å². The Morgan fingerprint density at radius 2 is 1.64 bits per heavy atom. The zero-order valence-corrected chi connectivity index (χ0v) is 13.3. The van der Waals surface area contributed by atoms with E-state index in [1.54, 1.807) is 21.3 Å². The van der Waals surface area contributed by atoms with E-state index in [1.165, 1.54) is 5.56 Å². The van der Waals surface area contributed by atoms with Crippen LogP contribution in [0.5, 0.6) is 23.0 Å². The van der Waals surface area contributed by atoms with E-state index in [4.69, 9.17) is 18.9 Å². The van der Waals surface area contributed by atoms with E-state index in [2.05, 4.69) is 6.92 Å². The van der Waals surface area contributed by atoms with Crippen molar-refractivity contribution in [1.82, 2.24) is 0 Å². The molecule has 0 aliphatic carbocycles. The number of methoxy groups -OCH3 is 3. The van der Waals surface area contributed by atoms with Crippen molar-refractivity contribution in [3.8, 4) is 23.0 Å². The Morgan fingerprint density at radius 3 is 2.32 bits per heavy atom. The monoisotopic (exact) mass is 300 g/mol. The molecule has 0 fully saturated rings. The molecule has 2 aromatic rings. The van der Waals surface area contributed by atoms with Gasteiger partial charge in [-0.2, -0.15) is 0 Å². The van der Waals surface area contributed by atoms with Crippen LogP contribution in [0.2, 0.25) is 0 Å². The summed E-state index contributed by atoms with van der Waals surface area (Å²) >= 11 is 0. The Bertz CT molecular complexity index is 681. The van der Waals surface area contributed by atoms with Gasteiger partial charge in [0.2, 0.25) is 0 Å². The van der Waals surface area contributed by atoms with Crippen LogP contribution in [0, 0.1) is 0 Å². The summed E-state index contributed by atoms with van der Waals surface area (Å²) in [7, 11) is 4.95. The molecule has 4 heteroatoms. The summed E-state index contributed by atoms with van der Waals surface area (Å²) < 4.78 is 22.1. The van der Waals surface area contributed by atoms with E-state index in [-0.39, 0.29) is 12.0 Å². The fourth-order valence-corrected chi connectivity index (χ4v) is 2.91. The van der Waals surface area contributed by atoms with Gasteiger partial charge in [-0.3, -0.25) is 0 Å². The summed E-state index contributed by atoms with van der Waals surface area (Å²) in [6.07, 6.45) is -0.0399. The maximum Gasteiger partial charge on any atom is 0.161 e. The second-order valence-corrected chi connectivity index (χ2v) is 5.35.